The van der Waals surface area contributed by atoms with Gasteiger partial charge in [0.2, 0.25) is 11.8 Å². The number of carbonyl (C=O) groups excluding carboxylic acids is 2. The Morgan fingerprint density at radius 1 is 1.03 bits per heavy atom. The normalized spacial score (nSPS) is 25.1. The molecular formula is C25H28ClN3O2S. The van der Waals surface area contributed by atoms with E-state index in [2.05, 4.69) is 45.4 Å². The van der Waals surface area contributed by atoms with Gasteiger partial charge in [0, 0.05) is 24.5 Å². The zero-order chi connectivity index (χ0) is 22.2. The van der Waals surface area contributed by atoms with Gasteiger partial charge in [0.05, 0.1) is 11.4 Å². The quantitative estimate of drug-likeness (QED) is 0.518. The molecule has 2 fully saturated rings. The van der Waals surface area contributed by atoms with Gasteiger partial charge in [-0.05, 0) is 72.7 Å². The summed E-state index contributed by atoms with van der Waals surface area (Å²) in [6.45, 7) is 3.75. The number of rotatable bonds is 4. The van der Waals surface area contributed by atoms with Crippen molar-refractivity contribution in [2.75, 3.05) is 13.1 Å². The number of hydrogen-bond acceptors (Lipinski definition) is 5. The molecule has 3 heterocycles. The lowest BCUT2D eigenvalue weighted by molar-refractivity contribution is -0.137. The van der Waals surface area contributed by atoms with Gasteiger partial charge >= 0.3 is 0 Å². The molecule has 1 N–H and O–H groups in total. The molecule has 0 bridgehead atoms. The van der Waals surface area contributed by atoms with Crippen molar-refractivity contribution in [3.63, 3.8) is 0 Å². The van der Waals surface area contributed by atoms with Gasteiger partial charge in [-0.25, -0.2) is 0 Å². The maximum atomic E-state index is 12.4. The molecule has 2 atom stereocenters. The second-order valence-electron chi connectivity index (χ2n) is 9.10. The minimum atomic E-state index is -0.300. The number of nitrogens with one attached hydrogen (secondary N) is 1. The van der Waals surface area contributed by atoms with Crippen LogP contribution in [0, 0.1) is 0 Å². The van der Waals surface area contributed by atoms with Crippen LogP contribution in [-0.4, -0.2) is 40.7 Å². The number of piperidine rings is 2. The highest BCUT2D eigenvalue weighted by molar-refractivity contribution is 7.80. The largest absolute Gasteiger partial charge is 0.299 e. The summed E-state index contributed by atoms with van der Waals surface area (Å²) >= 11 is 10.9. The minimum absolute atomic E-state index is 0.121. The van der Waals surface area contributed by atoms with Crippen molar-refractivity contribution in [2.24, 2.45) is 0 Å². The number of halogens is 1. The van der Waals surface area contributed by atoms with Crippen LogP contribution >= 0.6 is 24.2 Å². The first-order valence-electron chi connectivity index (χ1n) is 11.4. The van der Waals surface area contributed by atoms with E-state index in [0.29, 0.717) is 25.3 Å². The van der Waals surface area contributed by atoms with Crippen LogP contribution in [0.5, 0.6) is 0 Å². The van der Waals surface area contributed by atoms with Crippen LogP contribution in [0.2, 0.25) is 5.02 Å². The van der Waals surface area contributed by atoms with Crippen LogP contribution < -0.4 is 5.32 Å². The molecule has 2 aromatic rings. The Balaban J connectivity index is 1.25. The van der Waals surface area contributed by atoms with Gasteiger partial charge in [-0.1, -0.05) is 41.9 Å². The van der Waals surface area contributed by atoms with Crippen molar-refractivity contribution in [2.45, 2.75) is 56.1 Å². The zero-order valence-corrected chi connectivity index (χ0v) is 19.6. The second-order valence-corrected chi connectivity index (χ2v) is 10.0. The molecular weight excluding hydrogens is 442 g/mol. The summed E-state index contributed by atoms with van der Waals surface area (Å²) in [5.74, 6) is 0.218. The molecule has 5 rings (SSSR count). The number of carbonyl (C=O) groups is 2. The van der Waals surface area contributed by atoms with Crippen LogP contribution in [0.3, 0.4) is 0 Å². The Kier molecular flexibility index (Phi) is 6.30. The highest BCUT2D eigenvalue weighted by atomic mass is 35.5. The number of imide groups is 1. The van der Waals surface area contributed by atoms with E-state index in [1.165, 1.54) is 22.3 Å². The molecule has 7 heteroatoms. The number of amides is 2. The molecule has 2 saturated heterocycles. The van der Waals surface area contributed by atoms with Crippen molar-refractivity contribution in [1.29, 1.82) is 0 Å². The maximum Gasteiger partial charge on any atom is 0.243 e. The molecule has 0 radical (unpaired) electrons. The van der Waals surface area contributed by atoms with Crippen LogP contribution in [0.15, 0.2) is 42.5 Å². The fraction of sp³-hybridized carbons (Fsp3) is 0.440. The molecule has 3 aliphatic heterocycles. The summed E-state index contributed by atoms with van der Waals surface area (Å²) in [6.07, 6.45) is 3.24. The number of hydrogen-bond donors (Lipinski definition) is 2. The number of nitrogens with zero attached hydrogens (tertiary/aromatic N) is 2. The Morgan fingerprint density at radius 2 is 1.78 bits per heavy atom. The molecule has 32 heavy (non-hydrogen) atoms. The summed E-state index contributed by atoms with van der Waals surface area (Å²) in [5.41, 5.74) is 5.18. The van der Waals surface area contributed by atoms with E-state index in [1.807, 2.05) is 12.1 Å². The third kappa shape index (κ3) is 4.34. The van der Waals surface area contributed by atoms with E-state index in [9.17, 15) is 9.59 Å². The zero-order valence-electron chi connectivity index (χ0n) is 18.0. The maximum absolute atomic E-state index is 12.4. The summed E-state index contributed by atoms with van der Waals surface area (Å²) in [6, 6.07) is 14.4. The Morgan fingerprint density at radius 3 is 2.50 bits per heavy atom. The molecule has 3 aliphatic rings. The minimum Gasteiger partial charge on any atom is -0.299 e. The summed E-state index contributed by atoms with van der Waals surface area (Å²) < 4.78 is 0. The Hall–Kier alpha value is -1.86. The highest BCUT2D eigenvalue weighted by Crippen LogP contribution is 2.41. The van der Waals surface area contributed by atoms with E-state index in [4.69, 9.17) is 24.2 Å². The summed E-state index contributed by atoms with van der Waals surface area (Å²) in [7, 11) is 0. The van der Waals surface area contributed by atoms with Crippen LogP contribution in [0.4, 0.5) is 0 Å². The van der Waals surface area contributed by atoms with Crippen LogP contribution in [0.1, 0.15) is 59.2 Å². The Bertz CT molecular complexity index is 1020. The number of benzene rings is 2. The topological polar surface area (TPSA) is 52.7 Å². The highest BCUT2D eigenvalue weighted by Gasteiger charge is 2.39. The Labute approximate surface area is 199 Å². The first-order valence-corrected chi connectivity index (χ1v) is 12.2. The number of likely N-dealkylation sites (tertiary alicyclic amines) is 1. The molecule has 2 unspecified atom stereocenters. The standard InChI is InChI=1S/C25H28ClN3O2S/c26-19-6-4-16(5-7-19)17-10-12-28(13-11-17)14-18-2-1-3-20-21(18)15-29(25(20)32)22-8-9-23(30)27-24(22)31/h1-7,17,22,25,32H,8-15H2,(H,27,30,31). The van der Waals surface area contributed by atoms with E-state index >= 15 is 0 Å². The third-order valence-electron chi connectivity index (χ3n) is 7.18. The van der Waals surface area contributed by atoms with E-state index in [0.717, 1.165) is 37.5 Å². The lowest BCUT2D eigenvalue weighted by atomic mass is 9.89. The average Bonchev–Trinajstić information content (AvgIpc) is 3.12. The first-order chi connectivity index (χ1) is 15.5. The molecule has 5 nitrogen and oxygen atoms in total. The fourth-order valence-corrected chi connectivity index (χ4v) is 5.98. The van der Waals surface area contributed by atoms with Gasteiger partial charge in [0.15, 0.2) is 0 Å². The fourth-order valence-electron chi connectivity index (χ4n) is 5.36. The van der Waals surface area contributed by atoms with Gasteiger partial charge in [-0.2, -0.15) is 12.6 Å². The number of fused-ring (bicyclic) bond motifs is 1. The van der Waals surface area contributed by atoms with E-state index in [1.54, 1.807) is 0 Å². The monoisotopic (exact) mass is 469 g/mol. The van der Waals surface area contributed by atoms with Gasteiger partial charge < -0.3 is 0 Å². The molecule has 0 saturated carbocycles. The van der Waals surface area contributed by atoms with Gasteiger partial charge in [0.25, 0.3) is 0 Å². The van der Waals surface area contributed by atoms with Crippen LogP contribution in [-0.2, 0) is 22.7 Å². The summed E-state index contributed by atoms with van der Waals surface area (Å²) in [4.78, 5) is 28.7. The molecule has 0 aromatic heterocycles. The smallest absolute Gasteiger partial charge is 0.243 e. The van der Waals surface area contributed by atoms with Crippen molar-refractivity contribution in [1.82, 2.24) is 15.1 Å². The van der Waals surface area contributed by atoms with Crippen LogP contribution in [0.25, 0.3) is 0 Å². The lowest BCUT2D eigenvalue weighted by Crippen LogP contribution is -2.51. The number of thiol groups is 1. The van der Waals surface area contributed by atoms with Crippen molar-refractivity contribution in [3.05, 3.63) is 69.7 Å². The third-order valence-corrected chi connectivity index (χ3v) is 8.00. The molecule has 0 spiro atoms. The van der Waals surface area contributed by atoms with E-state index < -0.39 is 0 Å². The SMILES string of the molecule is O=C1CCC(N2Cc3c(CN4CCC(c5ccc(Cl)cc5)CC4)cccc3C2S)C(=O)N1. The molecule has 2 amide bonds. The first kappa shape index (κ1) is 22.0. The van der Waals surface area contributed by atoms with Crippen molar-refractivity contribution >= 4 is 36.0 Å². The summed E-state index contributed by atoms with van der Waals surface area (Å²) in [5, 5.41) is 3.15. The van der Waals surface area contributed by atoms with Crippen molar-refractivity contribution in [3.8, 4) is 0 Å². The van der Waals surface area contributed by atoms with Gasteiger partial charge in [0.1, 0.15) is 0 Å². The lowest BCUT2D eigenvalue weighted by Gasteiger charge is -2.33. The van der Waals surface area contributed by atoms with Gasteiger partial charge in [-0.15, -0.1) is 0 Å². The average molecular weight is 470 g/mol. The molecule has 2 aromatic carbocycles. The predicted molar refractivity (Wildman–Crippen MR) is 129 cm³/mol. The second kappa shape index (κ2) is 9.18. The van der Waals surface area contributed by atoms with Gasteiger partial charge in [-0.3, -0.25) is 24.7 Å². The van der Waals surface area contributed by atoms with Crippen molar-refractivity contribution < 1.29 is 9.59 Å². The molecule has 168 valence electrons. The van der Waals surface area contributed by atoms with E-state index in [-0.39, 0.29) is 23.2 Å². The molecule has 0 aliphatic carbocycles. The predicted octanol–water partition coefficient (Wildman–Crippen LogP) is 4.27.